The van der Waals surface area contributed by atoms with Gasteiger partial charge in [-0.15, -0.1) is 0 Å². The maximum Gasteiger partial charge on any atom is 0.419 e. The van der Waals surface area contributed by atoms with Gasteiger partial charge < -0.3 is 15.5 Å². The molecule has 1 saturated carbocycles. The summed E-state index contributed by atoms with van der Waals surface area (Å²) in [6.45, 7) is 0.198. The summed E-state index contributed by atoms with van der Waals surface area (Å²) in [5.41, 5.74) is -0.297. The lowest BCUT2D eigenvalue weighted by Gasteiger charge is -2.33. The summed E-state index contributed by atoms with van der Waals surface area (Å²) in [6, 6.07) is 10.6. The number of alkyl halides is 3. The third kappa shape index (κ3) is 5.12. The van der Waals surface area contributed by atoms with E-state index in [9.17, 15) is 22.8 Å². The molecule has 4 rings (SSSR count). The van der Waals surface area contributed by atoms with Crippen LogP contribution in [0.4, 0.5) is 19.0 Å². The molecule has 176 valence electrons. The number of anilines is 1. The fraction of sp³-hybridized carbons (Fsp3) is 0.458. The lowest BCUT2D eigenvalue weighted by molar-refractivity contribution is -0.137. The van der Waals surface area contributed by atoms with Gasteiger partial charge in [-0.3, -0.25) is 9.59 Å². The topological polar surface area (TPSA) is 74.3 Å². The van der Waals surface area contributed by atoms with E-state index in [4.69, 9.17) is 0 Å². The molecular weight excluding hydrogens is 433 g/mol. The summed E-state index contributed by atoms with van der Waals surface area (Å²) < 4.78 is 39.3. The first-order chi connectivity index (χ1) is 15.9. The third-order valence-electron chi connectivity index (χ3n) is 6.48. The summed E-state index contributed by atoms with van der Waals surface area (Å²) in [5, 5.41) is 5.44. The summed E-state index contributed by atoms with van der Waals surface area (Å²) in [7, 11) is 0. The molecule has 2 N–H and O–H groups in total. The van der Waals surface area contributed by atoms with Crippen LogP contribution in [0.5, 0.6) is 0 Å². The number of likely N-dealkylation sites (tertiary alicyclic amines) is 1. The highest BCUT2D eigenvalue weighted by Crippen LogP contribution is 2.40. The van der Waals surface area contributed by atoms with Crippen molar-refractivity contribution in [2.45, 2.75) is 50.4 Å². The van der Waals surface area contributed by atoms with Gasteiger partial charge in [0.25, 0.3) is 5.91 Å². The molecule has 2 aromatic rings. The number of nitrogens with zero attached hydrogens (tertiary/aromatic N) is 2. The van der Waals surface area contributed by atoms with Crippen LogP contribution in [-0.2, 0) is 11.0 Å². The van der Waals surface area contributed by atoms with E-state index in [-0.39, 0.29) is 36.8 Å². The summed E-state index contributed by atoms with van der Waals surface area (Å²) in [5.74, 6) is -0.394. The number of fused-ring (bicyclic) bond motifs is 1. The Kier molecular flexibility index (Phi) is 6.85. The first kappa shape index (κ1) is 23.1. The molecule has 0 radical (unpaired) electrons. The Bertz CT molecular complexity index is 983. The van der Waals surface area contributed by atoms with Crippen LogP contribution in [0.1, 0.15) is 48.0 Å². The Hall–Kier alpha value is -3.10. The van der Waals surface area contributed by atoms with E-state index in [1.54, 1.807) is 29.2 Å². The fourth-order valence-corrected chi connectivity index (χ4v) is 4.98. The van der Waals surface area contributed by atoms with Crippen molar-refractivity contribution in [2.75, 3.05) is 18.4 Å². The molecule has 2 aliphatic rings. The number of rotatable bonds is 6. The highest BCUT2D eigenvalue weighted by atomic mass is 19.4. The molecule has 33 heavy (non-hydrogen) atoms. The van der Waals surface area contributed by atoms with Crippen molar-refractivity contribution >= 4 is 17.6 Å². The Morgan fingerprint density at radius 3 is 2.55 bits per heavy atom. The minimum absolute atomic E-state index is 0.0446. The highest BCUT2D eigenvalue weighted by molar-refractivity contribution is 5.98. The zero-order valence-electron chi connectivity index (χ0n) is 18.1. The molecule has 2 amide bonds. The van der Waals surface area contributed by atoms with Gasteiger partial charge in [-0.1, -0.05) is 31.0 Å². The minimum atomic E-state index is -4.52. The second kappa shape index (κ2) is 9.80. The summed E-state index contributed by atoms with van der Waals surface area (Å²) in [6.07, 6.45) is 1.38. The molecule has 1 aliphatic heterocycles. The Labute approximate surface area is 190 Å². The quantitative estimate of drug-likeness (QED) is 0.637. The number of nitrogens with one attached hydrogen (secondary N) is 2. The minimum Gasteiger partial charge on any atom is -0.368 e. The Balaban J connectivity index is 1.40. The number of halogens is 3. The smallest absolute Gasteiger partial charge is 0.368 e. The molecule has 1 aromatic carbocycles. The van der Waals surface area contributed by atoms with Gasteiger partial charge in [0.1, 0.15) is 11.9 Å². The van der Waals surface area contributed by atoms with Crippen molar-refractivity contribution in [2.24, 2.45) is 5.92 Å². The fourth-order valence-electron chi connectivity index (χ4n) is 4.98. The van der Waals surface area contributed by atoms with Gasteiger partial charge in [0.05, 0.1) is 5.56 Å². The Morgan fingerprint density at radius 1 is 1.03 bits per heavy atom. The summed E-state index contributed by atoms with van der Waals surface area (Å²) in [4.78, 5) is 31.8. The lowest BCUT2D eigenvalue weighted by atomic mass is 9.84. The zero-order chi connectivity index (χ0) is 23.4. The van der Waals surface area contributed by atoms with Crippen molar-refractivity contribution in [3.63, 3.8) is 0 Å². The summed E-state index contributed by atoms with van der Waals surface area (Å²) >= 11 is 0. The van der Waals surface area contributed by atoms with E-state index in [2.05, 4.69) is 15.6 Å². The number of amides is 2. The van der Waals surface area contributed by atoms with Gasteiger partial charge in [-0.05, 0) is 49.4 Å². The molecular formula is C24H27F3N4O2. The first-order valence-electron chi connectivity index (χ1n) is 11.3. The number of aromatic nitrogens is 1. The average molecular weight is 461 g/mol. The molecule has 2 heterocycles. The van der Waals surface area contributed by atoms with Crippen LogP contribution in [-0.4, -0.2) is 46.9 Å². The molecule has 0 spiro atoms. The second-order valence-electron chi connectivity index (χ2n) is 8.56. The number of carbonyl (C=O) groups excluding carboxylic acids is 2. The van der Waals surface area contributed by atoms with Crippen LogP contribution >= 0.6 is 0 Å². The molecule has 2 fully saturated rings. The maximum absolute atomic E-state index is 13.3. The van der Waals surface area contributed by atoms with Gasteiger partial charge in [-0.2, -0.15) is 13.2 Å². The Morgan fingerprint density at radius 2 is 1.79 bits per heavy atom. The standard InChI is InChI=1S/C24H27F3N4O2/c25-24(26,27)18-10-6-12-28-21(18)29-13-14-30-22(32)20-15-17-9-4-5-11-19(17)31(20)23(33)16-7-2-1-3-8-16/h1-3,6-8,10,12,17,19-20H,4-5,9,11,13-15H2,(H,28,29)(H,30,32). The van der Waals surface area contributed by atoms with Crippen molar-refractivity contribution in [3.8, 4) is 0 Å². The number of hydrogen-bond donors (Lipinski definition) is 2. The van der Waals surface area contributed by atoms with E-state index < -0.39 is 17.8 Å². The second-order valence-corrected chi connectivity index (χ2v) is 8.56. The van der Waals surface area contributed by atoms with E-state index in [0.29, 0.717) is 17.9 Å². The van der Waals surface area contributed by atoms with Crippen molar-refractivity contribution in [3.05, 3.63) is 59.8 Å². The van der Waals surface area contributed by atoms with Crippen LogP contribution < -0.4 is 10.6 Å². The van der Waals surface area contributed by atoms with E-state index in [1.807, 2.05) is 6.07 Å². The average Bonchev–Trinajstić information content (AvgIpc) is 3.21. The maximum atomic E-state index is 13.3. The normalized spacial score (nSPS) is 22.5. The van der Waals surface area contributed by atoms with Crippen molar-refractivity contribution in [1.82, 2.24) is 15.2 Å². The van der Waals surface area contributed by atoms with E-state index >= 15 is 0 Å². The molecule has 9 heteroatoms. The number of pyridine rings is 1. The lowest BCUT2D eigenvalue weighted by Crippen LogP contribution is -2.50. The number of benzene rings is 1. The van der Waals surface area contributed by atoms with Gasteiger partial charge in [0.15, 0.2) is 0 Å². The van der Waals surface area contributed by atoms with Crippen molar-refractivity contribution < 1.29 is 22.8 Å². The number of hydrogen-bond acceptors (Lipinski definition) is 4. The van der Waals surface area contributed by atoms with E-state index in [0.717, 1.165) is 31.7 Å². The first-order valence-corrected chi connectivity index (χ1v) is 11.3. The van der Waals surface area contributed by atoms with Crippen LogP contribution in [0.2, 0.25) is 0 Å². The van der Waals surface area contributed by atoms with Crippen LogP contribution in [0.25, 0.3) is 0 Å². The SMILES string of the molecule is O=C(NCCNc1ncccc1C(F)(F)F)C1CC2CCCCC2N1C(=O)c1ccccc1. The molecule has 1 aliphatic carbocycles. The molecule has 1 saturated heterocycles. The highest BCUT2D eigenvalue weighted by Gasteiger charge is 2.47. The molecule has 6 nitrogen and oxygen atoms in total. The largest absolute Gasteiger partial charge is 0.419 e. The molecule has 0 bridgehead atoms. The van der Waals surface area contributed by atoms with Gasteiger partial charge in [0, 0.05) is 30.9 Å². The van der Waals surface area contributed by atoms with Crippen LogP contribution in [0.3, 0.4) is 0 Å². The molecule has 3 unspecified atom stereocenters. The third-order valence-corrected chi connectivity index (χ3v) is 6.48. The monoisotopic (exact) mass is 460 g/mol. The van der Waals surface area contributed by atoms with Gasteiger partial charge >= 0.3 is 6.18 Å². The molecule has 3 atom stereocenters. The van der Waals surface area contributed by atoms with Crippen LogP contribution in [0.15, 0.2) is 48.7 Å². The van der Waals surface area contributed by atoms with Crippen LogP contribution in [0, 0.1) is 5.92 Å². The number of carbonyl (C=O) groups is 2. The van der Waals surface area contributed by atoms with Crippen molar-refractivity contribution in [1.29, 1.82) is 0 Å². The van der Waals surface area contributed by atoms with E-state index in [1.165, 1.54) is 12.3 Å². The van der Waals surface area contributed by atoms with Gasteiger partial charge in [-0.25, -0.2) is 4.98 Å². The predicted molar refractivity (Wildman–Crippen MR) is 118 cm³/mol. The predicted octanol–water partition coefficient (Wildman–Crippen LogP) is 4.10. The molecule has 1 aromatic heterocycles. The van der Waals surface area contributed by atoms with Gasteiger partial charge in [0.2, 0.25) is 5.91 Å². The zero-order valence-corrected chi connectivity index (χ0v) is 18.1.